The average Bonchev–Trinajstić information content (AvgIpc) is 2.72. The smallest absolute Gasteiger partial charge is 0.264 e. The number of imidazole rings is 1. The third-order valence-corrected chi connectivity index (χ3v) is 3.85. The third-order valence-electron chi connectivity index (χ3n) is 3.13. The first-order valence-electron chi connectivity index (χ1n) is 6.26. The lowest BCUT2D eigenvalue weighted by Crippen LogP contribution is -2.42. The number of aryl methyl sites for hydroxylation is 1. The molecule has 0 N–H and O–H groups in total. The molecule has 4 nitrogen and oxygen atoms in total. The Labute approximate surface area is 132 Å². The molecule has 0 aliphatic rings. The van der Waals surface area contributed by atoms with E-state index in [1.54, 1.807) is 41.8 Å². The number of carbonyl (C=O) groups is 1. The van der Waals surface area contributed by atoms with Crippen LogP contribution in [0.25, 0.3) is 0 Å². The summed E-state index contributed by atoms with van der Waals surface area (Å²) in [7, 11) is 3.39. The zero-order valence-electron chi connectivity index (χ0n) is 11.7. The van der Waals surface area contributed by atoms with E-state index in [2.05, 4.69) is 0 Å². The van der Waals surface area contributed by atoms with Crippen LogP contribution in [0.5, 0.6) is 0 Å². The maximum atomic E-state index is 13.7. The van der Waals surface area contributed by atoms with E-state index < -0.39 is 5.82 Å². The minimum atomic E-state index is -0.419. The van der Waals surface area contributed by atoms with Gasteiger partial charge in [-0.15, -0.1) is 0 Å². The van der Waals surface area contributed by atoms with E-state index >= 15 is 0 Å². The lowest BCUT2D eigenvalue weighted by Gasteiger charge is -2.17. The van der Waals surface area contributed by atoms with Crippen molar-refractivity contribution in [1.82, 2.24) is 9.47 Å². The standard InChI is InChI=1S/C14H15Cl2FN3O/c1-18(6-10-11(15)4-3-5-12(10)17)14(21)8-20-7-13(16)19(2)9-20/h3-5,7,9H,6,8H2,1-2H3/q+1. The molecular formula is C14H15Cl2FN3O+. The van der Waals surface area contributed by atoms with Crippen molar-refractivity contribution in [2.24, 2.45) is 7.05 Å². The highest BCUT2D eigenvalue weighted by molar-refractivity contribution is 6.31. The number of hydrogen-bond acceptors (Lipinski definition) is 1. The van der Waals surface area contributed by atoms with Crippen molar-refractivity contribution in [3.05, 3.63) is 52.3 Å². The second-order valence-electron chi connectivity index (χ2n) is 4.80. The Morgan fingerprint density at radius 2 is 2.14 bits per heavy atom. The summed E-state index contributed by atoms with van der Waals surface area (Å²) >= 11 is 11.9. The van der Waals surface area contributed by atoms with E-state index in [-0.39, 0.29) is 19.0 Å². The summed E-state index contributed by atoms with van der Waals surface area (Å²) in [6.45, 7) is 0.245. The molecule has 0 atom stereocenters. The van der Waals surface area contributed by atoms with Crippen LogP contribution in [0.2, 0.25) is 10.2 Å². The van der Waals surface area contributed by atoms with Gasteiger partial charge < -0.3 is 4.90 Å². The average molecular weight is 331 g/mol. The molecule has 2 aromatic rings. The van der Waals surface area contributed by atoms with E-state index in [0.717, 1.165) is 0 Å². The molecule has 2 rings (SSSR count). The molecule has 0 unspecified atom stereocenters. The minimum Gasteiger partial charge on any atom is -0.338 e. The molecule has 1 amide bonds. The van der Waals surface area contributed by atoms with E-state index in [1.165, 1.54) is 17.0 Å². The number of carbonyl (C=O) groups excluding carboxylic acids is 1. The topological polar surface area (TPSA) is 29.1 Å². The summed E-state index contributed by atoms with van der Waals surface area (Å²) in [6.07, 6.45) is 3.37. The first-order valence-corrected chi connectivity index (χ1v) is 7.02. The summed E-state index contributed by atoms with van der Waals surface area (Å²) in [6, 6.07) is 4.46. The molecule has 1 heterocycles. The highest BCUT2D eigenvalue weighted by Crippen LogP contribution is 2.20. The molecule has 1 aromatic carbocycles. The van der Waals surface area contributed by atoms with Gasteiger partial charge in [0.15, 0.2) is 6.54 Å². The summed E-state index contributed by atoms with van der Waals surface area (Å²) < 4.78 is 17.1. The number of hydrogen-bond donors (Lipinski definition) is 0. The fourth-order valence-corrected chi connectivity index (χ4v) is 2.30. The van der Waals surface area contributed by atoms with Crippen LogP contribution in [0.3, 0.4) is 0 Å². The normalized spacial score (nSPS) is 10.7. The fourth-order valence-electron chi connectivity index (χ4n) is 1.91. The molecule has 21 heavy (non-hydrogen) atoms. The number of halogens is 3. The number of aromatic nitrogens is 2. The zero-order valence-corrected chi connectivity index (χ0v) is 13.2. The number of nitrogens with zero attached hydrogens (tertiary/aromatic N) is 3. The van der Waals surface area contributed by atoms with Gasteiger partial charge in [0.1, 0.15) is 12.0 Å². The second-order valence-corrected chi connectivity index (χ2v) is 5.59. The Kier molecular flexibility index (Phi) is 4.85. The van der Waals surface area contributed by atoms with Crippen LogP contribution < -0.4 is 4.57 Å². The Morgan fingerprint density at radius 1 is 1.43 bits per heavy atom. The number of rotatable bonds is 4. The number of benzene rings is 1. The van der Waals surface area contributed by atoms with Gasteiger partial charge in [0.2, 0.25) is 11.5 Å². The quantitative estimate of drug-likeness (QED) is 0.791. The molecule has 0 aliphatic carbocycles. The molecule has 0 fully saturated rings. The zero-order chi connectivity index (χ0) is 15.6. The molecule has 0 aliphatic heterocycles. The molecule has 0 saturated heterocycles. The lowest BCUT2D eigenvalue weighted by molar-refractivity contribution is -0.684. The molecule has 0 spiro atoms. The van der Waals surface area contributed by atoms with E-state index in [0.29, 0.717) is 15.7 Å². The summed E-state index contributed by atoms with van der Waals surface area (Å²) in [5.74, 6) is -0.584. The minimum absolute atomic E-state index is 0.117. The third kappa shape index (κ3) is 3.74. The summed E-state index contributed by atoms with van der Waals surface area (Å²) in [5, 5.41) is 0.840. The van der Waals surface area contributed by atoms with Gasteiger partial charge in [0, 0.05) is 24.2 Å². The Morgan fingerprint density at radius 3 is 2.71 bits per heavy atom. The first-order chi connectivity index (χ1) is 9.88. The van der Waals surface area contributed by atoms with Crippen LogP contribution in [0, 0.1) is 5.82 Å². The fraction of sp³-hybridized carbons (Fsp3) is 0.286. The number of amides is 1. The van der Waals surface area contributed by atoms with Crippen LogP contribution >= 0.6 is 23.2 Å². The van der Waals surface area contributed by atoms with Crippen LogP contribution in [0.1, 0.15) is 5.56 Å². The van der Waals surface area contributed by atoms with Gasteiger partial charge in [-0.1, -0.05) is 17.7 Å². The monoisotopic (exact) mass is 330 g/mol. The predicted molar refractivity (Wildman–Crippen MR) is 78.5 cm³/mol. The van der Waals surface area contributed by atoms with Gasteiger partial charge >= 0.3 is 0 Å². The van der Waals surface area contributed by atoms with Gasteiger partial charge in [-0.05, 0) is 23.7 Å². The van der Waals surface area contributed by atoms with Crippen LogP contribution in [0.15, 0.2) is 30.7 Å². The van der Waals surface area contributed by atoms with Crippen LogP contribution in [-0.4, -0.2) is 22.4 Å². The first kappa shape index (κ1) is 15.8. The lowest BCUT2D eigenvalue weighted by atomic mass is 10.2. The van der Waals surface area contributed by atoms with E-state index in [1.807, 2.05) is 0 Å². The molecule has 0 bridgehead atoms. The van der Waals surface area contributed by atoms with Crippen molar-refractivity contribution in [3.63, 3.8) is 0 Å². The van der Waals surface area contributed by atoms with Crippen molar-refractivity contribution in [3.8, 4) is 0 Å². The van der Waals surface area contributed by atoms with Gasteiger partial charge in [0.25, 0.3) is 5.91 Å². The molecule has 1 aromatic heterocycles. The van der Waals surface area contributed by atoms with Crippen LogP contribution in [0.4, 0.5) is 4.39 Å². The van der Waals surface area contributed by atoms with Crippen molar-refractivity contribution >= 4 is 29.1 Å². The van der Waals surface area contributed by atoms with Gasteiger partial charge in [-0.25, -0.2) is 13.5 Å². The summed E-state index contributed by atoms with van der Waals surface area (Å²) in [5.41, 5.74) is 0.311. The number of likely N-dealkylation sites (N-methyl/N-ethyl adjacent to an activating group) is 1. The molecular weight excluding hydrogens is 316 g/mol. The Bertz CT molecular complexity index is 632. The van der Waals surface area contributed by atoms with Crippen molar-refractivity contribution < 1.29 is 13.8 Å². The Balaban J connectivity index is 2.06. The second kappa shape index (κ2) is 6.45. The highest BCUT2D eigenvalue weighted by atomic mass is 35.5. The SMILES string of the molecule is CN(Cc1c(F)cccc1Cl)C(=O)C[n+]1cc(Cl)n(C)c1. The van der Waals surface area contributed by atoms with E-state index in [4.69, 9.17) is 23.2 Å². The van der Waals surface area contributed by atoms with Gasteiger partial charge in [0.05, 0.1) is 7.05 Å². The predicted octanol–water partition coefficient (Wildman–Crippen LogP) is 2.42. The maximum absolute atomic E-state index is 13.7. The molecule has 0 radical (unpaired) electrons. The molecule has 112 valence electrons. The van der Waals surface area contributed by atoms with E-state index in [9.17, 15) is 9.18 Å². The maximum Gasteiger partial charge on any atom is 0.264 e. The van der Waals surface area contributed by atoms with Crippen molar-refractivity contribution in [2.75, 3.05) is 7.05 Å². The van der Waals surface area contributed by atoms with Crippen molar-refractivity contribution in [1.29, 1.82) is 0 Å². The molecule has 0 saturated carbocycles. The van der Waals surface area contributed by atoms with Gasteiger partial charge in [-0.3, -0.25) is 4.79 Å². The van der Waals surface area contributed by atoms with Gasteiger partial charge in [-0.2, -0.15) is 0 Å². The van der Waals surface area contributed by atoms with Crippen molar-refractivity contribution in [2.45, 2.75) is 13.1 Å². The Hall–Kier alpha value is -1.59. The summed E-state index contributed by atoms with van der Waals surface area (Å²) in [4.78, 5) is 13.6. The highest BCUT2D eigenvalue weighted by Gasteiger charge is 2.17. The van der Waals surface area contributed by atoms with Crippen LogP contribution in [-0.2, 0) is 24.9 Å². The largest absolute Gasteiger partial charge is 0.338 e. The molecule has 7 heteroatoms.